The summed E-state index contributed by atoms with van der Waals surface area (Å²) in [6.07, 6.45) is 9.64. The molecule has 3 aliphatic carbocycles. The van der Waals surface area contributed by atoms with Gasteiger partial charge in [0.15, 0.2) is 5.78 Å². The first-order chi connectivity index (χ1) is 7.83. The fourth-order valence-corrected chi connectivity index (χ4v) is 3.76. The normalized spacial score (nSPS) is 42.9. The van der Waals surface area contributed by atoms with Crippen molar-refractivity contribution in [2.24, 2.45) is 11.8 Å². The number of hydrogen-bond donors (Lipinski definition) is 2. The second-order valence-corrected chi connectivity index (χ2v) is 5.83. The van der Waals surface area contributed by atoms with Crippen LogP contribution in [0.25, 0.3) is 0 Å². The highest BCUT2D eigenvalue weighted by Gasteiger charge is 2.39. The number of fused-ring (bicyclic) bond motifs is 2. The maximum Gasteiger partial charge on any atom is 0.151 e. The highest BCUT2D eigenvalue weighted by molar-refractivity contribution is 5.84. The number of Topliss-reactive ketones (excluding diaryl/α,β-unsaturated/α-hetero) is 1. The predicted octanol–water partition coefficient (Wildman–Crippen LogP) is 1.78. The molecule has 0 heterocycles. The summed E-state index contributed by atoms with van der Waals surface area (Å²) < 4.78 is 0. The van der Waals surface area contributed by atoms with E-state index in [0.29, 0.717) is 11.8 Å². The van der Waals surface area contributed by atoms with E-state index in [1.54, 1.807) is 0 Å². The number of hydrazine groups is 1. The maximum absolute atomic E-state index is 11.7. The Kier molecular flexibility index (Phi) is 2.99. The van der Waals surface area contributed by atoms with E-state index < -0.39 is 0 Å². The first-order valence-electron chi connectivity index (χ1n) is 6.86. The minimum atomic E-state index is 0.0906. The zero-order chi connectivity index (χ0) is 11.0. The molecular formula is C13H22N2O. The minimum absolute atomic E-state index is 0.0906. The lowest BCUT2D eigenvalue weighted by atomic mass is 9.94. The van der Waals surface area contributed by atoms with Crippen molar-refractivity contribution in [2.45, 2.75) is 63.5 Å². The fourth-order valence-electron chi connectivity index (χ4n) is 3.76. The smallest absolute Gasteiger partial charge is 0.151 e. The molecule has 16 heavy (non-hydrogen) atoms. The number of nitrogens with one attached hydrogen (secondary N) is 2. The van der Waals surface area contributed by atoms with Gasteiger partial charge in [-0.2, -0.15) is 0 Å². The summed E-state index contributed by atoms with van der Waals surface area (Å²) in [6.45, 7) is 0. The molecule has 0 radical (unpaired) electrons. The quantitative estimate of drug-likeness (QED) is 0.715. The molecule has 3 nitrogen and oxygen atoms in total. The van der Waals surface area contributed by atoms with E-state index in [2.05, 4.69) is 10.9 Å². The van der Waals surface area contributed by atoms with Crippen LogP contribution in [0, 0.1) is 11.8 Å². The van der Waals surface area contributed by atoms with E-state index in [4.69, 9.17) is 0 Å². The van der Waals surface area contributed by atoms with Crippen molar-refractivity contribution >= 4 is 5.78 Å². The second kappa shape index (κ2) is 4.46. The zero-order valence-electron chi connectivity index (χ0n) is 9.87. The zero-order valence-corrected chi connectivity index (χ0v) is 9.87. The van der Waals surface area contributed by atoms with Gasteiger partial charge in [-0.05, 0) is 43.9 Å². The van der Waals surface area contributed by atoms with Crippen LogP contribution < -0.4 is 10.9 Å². The highest BCUT2D eigenvalue weighted by atomic mass is 16.1. The Hall–Kier alpha value is -0.410. The minimum Gasteiger partial charge on any atom is -0.298 e. The number of hydrogen-bond acceptors (Lipinski definition) is 3. The Bertz CT molecular complexity index is 279. The van der Waals surface area contributed by atoms with Crippen LogP contribution in [0.1, 0.15) is 51.4 Å². The van der Waals surface area contributed by atoms with Crippen molar-refractivity contribution in [3.05, 3.63) is 0 Å². The Morgan fingerprint density at radius 2 is 1.94 bits per heavy atom. The van der Waals surface area contributed by atoms with Crippen molar-refractivity contribution in [3.63, 3.8) is 0 Å². The molecule has 0 saturated heterocycles. The van der Waals surface area contributed by atoms with Gasteiger partial charge in [-0.15, -0.1) is 0 Å². The van der Waals surface area contributed by atoms with Crippen LogP contribution in [0.3, 0.4) is 0 Å². The van der Waals surface area contributed by atoms with Crippen molar-refractivity contribution in [1.82, 2.24) is 10.9 Å². The molecule has 90 valence electrons. The molecule has 3 heteroatoms. The van der Waals surface area contributed by atoms with Crippen LogP contribution in [0.15, 0.2) is 0 Å². The molecule has 0 aromatic heterocycles. The Labute approximate surface area is 97.3 Å². The summed E-state index contributed by atoms with van der Waals surface area (Å²) in [7, 11) is 0. The third kappa shape index (κ3) is 2.03. The van der Waals surface area contributed by atoms with Crippen LogP contribution in [0.2, 0.25) is 0 Å². The molecule has 0 aliphatic heterocycles. The SMILES string of the molecule is O=C1CCCCC1NNC1CC2CCC1C2. The Balaban J connectivity index is 1.47. The molecule has 2 bridgehead atoms. The lowest BCUT2D eigenvalue weighted by Gasteiger charge is -2.28. The first kappa shape index (κ1) is 10.7. The van der Waals surface area contributed by atoms with Gasteiger partial charge in [0.05, 0.1) is 6.04 Å². The molecule has 2 N–H and O–H groups in total. The Morgan fingerprint density at radius 3 is 2.62 bits per heavy atom. The van der Waals surface area contributed by atoms with Gasteiger partial charge < -0.3 is 0 Å². The van der Waals surface area contributed by atoms with Crippen molar-refractivity contribution in [1.29, 1.82) is 0 Å². The second-order valence-electron chi connectivity index (χ2n) is 5.83. The summed E-state index contributed by atoms with van der Waals surface area (Å²) >= 11 is 0. The summed E-state index contributed by atoms with van der Waals surface area (Å²) in [5, 5.41) is 0. The number of ketones is 1. The third-order valence-corrected chi connectivity index (χ3v) is 4.74. The van der Waals surface area contributed by atoms with Gasteiger partial charge in [0.2, 0.25) is 0 Å². The molecule has 0 aromatic carbocycles. The molecule has 3 fully saturated rings. The lowest BCUT2D eigenvalue weighted by molar-refractivity contribution is -0.122. The largest absolute Gasteiger partial charge is 0.298 e. The monoisotopic (exact) mass is 222 g/mol. The van der Waals surface area contributed by atoms with Crippen molar-refractivity contribution < 1.29 is 4.79 Å². The molecule has 4 unspecified atom stereocenters. The molecule has 3 saturated carbocycles. The number of rotatable bonds is 3. The lowest BCUT2D eigenvalue weighted by Crippen LogP contribution is -2.52. The van der Waals surface area contributed by atoms with Gasteiger partial charge in [-0.1, -0.05) is 12.8 Å². The van der Waals surface area contributed by atoms with E-state index >= 15 is 0 Å². The summed E-state index contributed by atoms with van der Waals surface area (Å²) in [5.74, 6) is 2.24. The van der Waals surface area contributed by atoms with Gasteiger partial charge in [0.1, 0.15) is 0 Å². The van der Waals surface area contributed by atoms with Crippen LogP contribution in [0.4, 0.5) is 0 Å². The molecule has 0 amide bonds. The van der Waals surface area contributed by atoms with Gasteiger partial charge in [-0.3, -0.25) is 10.2 Å². The van der Waals surface area contributed by atoms with E-state index in [1.807, 2.05) is 0 Å². The van der Waals surface area contributed by atoms with Crippen LogP contribution in [-0.4, -0.2) is 17.9 Å². The van der Waals surface area contributed by atoms with Crippen LogP contribution in [0.5, 0.6) is 0 Å². The van der Waals surface area contributed by atoms with E-state index in [9.17, 15) is 4.79 Å². The fraction of sp³-hybridized carbons (Fsp3) is 0.923. The maximum atomic E-state index is 11.7. The average Bonchev–Trinajstić information content (AvgIpc) is 2.90. The molecule has 0 spiro atoms. The number of carbonyl (C=O) groups is 1. The van der Waals surface area contributed by atoms with Gasteiger partial charge in [0, 0.05) is 12.5 Å². The molecule has 0 aromatic rings. The van der Waals surface area contributed by atoms with Gasteiger partial charge in [0.25, 0.3) is 0 Å². The standard InChI is InChI=1S/C13H22N2O/c16-13-4-2-1-3-11(13)14-15-12-8-9-5-6-10(12)7-9/h9-12,14-15H,1-8H2. The third-order valence-electron chi connectivity index (χ3n) is 4.74. The number of carbonyl (C=O) groups excluding carboxylic acids is 1. The van der Waals surface area contributed by atoms with Crippen LogP contribution in [-0.2, 0) is 4.79 Å². The van der Waals surface area contributed by atoms with E-state index in [0.717, 1.165) is 31.1 Å². The topological polar surface area (TPSA) is 41.1 Å². The van der Waals surface area contributed by atoms with Gasteiger partial charge in [-0.25, -0.2) is 5.43 Å². The van der Waals surface area contributed by atoms with Crippen molar-refractivity contribution in [2.75, 3.05) is 0 Å². The predicted molar refractivity (Wildman–Crippen MR) is 62.8 cm³/mol. The van der Waals surface area contributed by atoms with Gasteiger partial charge >= 0.3 is 0 Å². The average molecular weight is 222 g/mol. The Morgan fingerprint density at radius 1 is 1.00 bits per heavy atom. The summed E-state index contributed by atoms with van der Waals surface area (Å²) in [5.41, 5.74) is 6.74. The highest BCUT2D eigenvalue weighted by Crippen LogP contribution is 2.44. The summed E-state index contributed by atoms with van der Waals surface area (Å²) in [6, 6.07) is 0.723. The first-order valence-corrected chi connectivity index (χ1v) is 6.86. The molecule has 3 aliphatic rings. The molecule has 4 atom stereocenters. The summed E-state index contributed by atoms with van der Waals surface area (Å²) in [4.78, 5) is 11.7. The van der Waals surface area contributed by atoms with Crippen molar-refractivity contribution in [3.8, 4) is 0 Å². The van der Waals surface area contributed by atoms with Crippen LogP contribution >= 0.6 is 0 Å². The molecule has 3 rings (SSSR count). The molecular weight excluding hydrogens is 200 g/mol. The van der Waals surface area contributed by atoms with E-state index in [-0.39, 0.29) is 6.04 Å². The van der Waals surface area contributed by atoms with E-state index in [1.165, 1.54) is 32.1 Å².